The summed E-state index contributed by atoms with van der Waals surface area (Å²) in [5.41, 5.74) is 5.11. The lowest BCUT2D eigenvalue weighted by Crippen LogP contribution is -2.12. The van der Waals surface area contributed by atoms with Crippen molar-refractivity contribution in [3.8, 4) is 0 Å². The predicted molar refractivity (Wildman–Crippen MR) is 87.9 cm³/mol. The lowest BCUT2D eigenvalue weighted by atomic mass is 10.1. The van der Waals surface area contributed by atoms with Crippen molar-refractivity contribution in [2.75, 3.05) is 5.32 Å². The fraction of sp³-hybridized carbons (Fsp3) is 0.294. The minimum atomic E-state index is 0.0244. The molecule has 1 aromatic carbocycles. The quantitative estimate of drug-likeness (QED) is 0.777. The Morgan fingerprint density at radius 2 is 2.14 bits per heavy atom. The Bertz CT molecular complexity index is 809. The molecule has 3 rings (SSSR count). The Kier molecular flexibility index (Phi) is 3.71. The molecule has 5 nitrogen and oxygen atoms in total. The summed E-state index contributed by atoms with van der Waals surface area (Å²) < 4.78 is 2.04. The molecule has 0 spiro atoms. The van der Waals surface area contributed by atoms with Crippen LogP contribution >= 0.6 is 0 Å². The van der Waals surface area contributed by atoms with Gasteiger partial charge >= 0.3 is 0 Å². The first-order valence-corrected chi connectivity index (χ1v) is 7.40. The highest BCUT2D eigenvalue weighted by atomic mass is 16.1. The number of fused-ring (bicyclic) bond motifs is 1. The van der Waals surface area contributed by atoms with Crippen LogP contribution in [-0.4, -0.2) is 20.7 Å². The van der Waals surface area contributed by atoms with Gasteiger partial charge in [0.2, 0.25) is 5.91 Å². The van der Waals surface area contributed by atoms with Crippen LogP contribution in [0.4, 0.5) is 5.69 Å². The molecule has 1 amide bonds. The Balaban J connectivity index is 1.71. The summed E-state index contributed by atoms with van der Waals surface area (Å²) in [6.45, 7) is 3.94. The van der Waals surface area contributed by atoms with Crippen LogP contribution in [0, 0.1) is 13.8 Å². The number of benzene rings is 1. The number of rotatable bonds is 4. The third-order valence-corrected chi connectivity index (χ3v) is 4.08. The number of nitrogens with one attached hydrogen (secondary N) is 2. The van der Waals surface area contributed by atoms with Crippen LogP contribution in [0.5, 0.6) is 0 Å². The van der Waals surface area contributed by atoms with Gasteiger partial charge < -0.3 is 9.88 Å². The largest absolute Gasteiger partial charge is 0.350 e. The Labute approximate surface area is 129 Å². The third-order valence-electron chi connectivity index (χ3n) is 4.08. The second-order valence-electron chi connectivity index (χ2n) is 5.63. The molecule has 2 N–H and O–H groups in total. The van der Waals surface area contributed by atoms with E-state index in [1.54, 1.807) is 0 Å². The number of anilines is 1. The second-order valence-corrected chi connectivity index (χ2v) is 5.63. The molecule has 0 atom stereocenters. The van der Waals surface area contributed by atoms with E-state index in [2.05, 4.69) is 15.5 Å². The summed E-state index contributed by atoms with van der Waals surface area (Å²) >= 11 is 0. The maximum Gasteiger partial charge on any atom is 0.224 e. The van der Waals surface area contributed by atoms with E-state index < -0.39 is 0 Å². The summed E-state index contributed by atoms with van der Waals surface area (Å²) in [6.07, 6.45) is 3.15. The van der Waals surface area contributed by atoms with Crippen LogP contribution in [0.25, 0.3) is 10.9 Å². The van der Waals surface area contributed by atoms with Crippen LogP contribution in [0.3, 0.4) is 0 Å². The first-order chi connectivity index (χ1) is 10.6. The molecule has 0 aliphatic rings. The first-order valence-electron chi connectivity index (χ1n) is 7.40. The van der Waals surface area contributed by atoms with Crippen LogP contribution < -0.4 is 5.32 Å². The number of hydrogen-bond acceptors (Lipinski definition) is 2. The summed E-state index contributed by atoms with van der Waals surface area (Å²) in [7, 11) is 2.00. The maximum atomic E-state index is 12.2. The van der Waals surface area contributed by atoms with Gasteiger partial charge in [-0.15, -0.1) is 0 Å². The molecule has 0 aliphatic heterocycles. The molecule has 3 aromatic rings. The van der Waals surface area contributed by atoms with Crippen molar-refractivity contribution in [2.24, 2.45) is 7.05 Å². The molecular weight excluding hydrogens is 276 g/mol. The number of H-pyrrole nitrogens is 1. The van der Waals surface area contributed by atoms with Gasteiger partial charge in [0.15, 0.2) is 0 Å². The van der Waals surface area contributed by atoms with Crippen molar-refractivity contribution in [2.45, 2.75) is 26.7 Å². The molecule has 2 heterocycles. The van der Waals surface area contributed by atoms with E-state index in [0.717, 1.165) is 33.5 Å². The van der Waals surface area contributed by atoms with Gasteiger partial charge in [-0.2, -0.15) is 5.10 Å². The van der Waals surface area contributed by atoms with E-state index in [1.165, 1.54) is 0 Å². The van der Waals surface area contributed by atoms with Gasteiger partial charge in [-0.05, 0) is 44.0 Å². The zero-order chi connectivity index (χ0) is 15.7. The monoisotopic (exact) mass is 296 g/mol. The van der Waals surface area contributed by atoms with E-state index in [9.17, 15) is 4.79 Å². The maximum absolute atomic E-state index is 12.2. The Morgan fingerprint density at radius 3 is 2.86 bits per heavy atom. The van der Waals surface area contributed by atoms with Gasteiger partial charge in [0.25, 0.3) is 0 Å². The Morgan fingerprint density at radius 1 is 1.32 bits per heavy atom. The van der Waals surface area contributed by atoms with Crippen molar-refractivity contribution in [1.82, 2.24) is 14.8 Å². The van der Waals surface area contributed by atoms with Gasteiger partial charge in [0, 0.05) is 36.3 Å². The van der Waals surface area contributed by atoms with Crippen molar-refractivity contribution >= 4 is 22.5 Å². The van der Waals surface area contributed by atoms with E-state index in [-0.39, 0.29) is 5.91 Å². The molecule has 22 heavy (non-hydrogen) atoms. The van der Waals surface area contributed by atoms with Crippen LogP contribution in [0.1, 0.15) is 23.4 Å². The SMILES string of the molecule is Cc1n[nH]c(C)c1CCC(=O)Nc1cccc2c1ccn2C. The van der Waals surface area contributed by atoms with Gasteiger partial charge in [-0.3, -0.25) is 9.89 Å². The molecule has 114 valence electrons. The number of carbonyl (C=O) groups excluding carboxylic acids is 1. The van der Waals surface area contributed by atoms with E-state index in [4.69, 9.17) is 0 Å². The van der Waals surface area contributed by atoms with Gasteiger partial charge in [-0.1, -0.05) is 6.07 Å². The number of aromatic nitrogens is 3. The molecule has 0 fully saturated rings. The predicted octanol–water partition coefficient (Wildman–Crippen LogP) is 3.09. The van der Waals surface area contributed by atoms with Gasteiger partial charge in [0.05, 0.1) is 11.4 Å². The van der Waals surface area contributed by atoms with Gasteiger partial charge in [-0.25, -0.2) is 0 Å². The fourth-order valence-corrected chi connectivity index (χ4v) is 2.81. The zero-order valence-corrected chi connectivity index (χ0v) is 13.1. The van der Waals surface area contributed by atoms with Crippen molar-refractivity contribution in [3.05, 3.63) is 47.4 Å². The highest BCUT2D eigenvalue weighted by Gasteiger charge is 2.11. The number of aromatic amines is 1. The highest BCUT2D eigenvalue weighted by molar-refractivity contribution is 6.01. The molecule has 0 saturated carbocycles. The molecule has 2 aromatic heterocycles. The topological polar surface area (TPSA) is 62.7 Å². The second kappa shape index (κ2) is 5.67. The summed E-state index contributed by atoms with van der Waals surface area (Å²) in [4.78, 5) is 12.2. The Hall–Kier alpha value is -2.56. The molecule has 0 unspecified atom stereocenters. The number of hydrogen-bond donors (Lipinski definition) is 2. The fourth-order valence-electron chi connectivity index (χ4n) is 2.81. The van der Waals surface area contributed by atoms with E-state index >= 15 is 0 Å². The zero-order valence-electron chi connectivity index (χ0n) is 13.1. The lowest BCUT2D eigenvalue weighted by Gasteiger charge is -2.07. The van der Waals surface area contributed by atoms with Crippen LogP contribution in [0.2, 0.25) is 0 Å². The standard InChI is InChI=1S/C17H20N4O/c1-11-13(12(2)20-19-11)7-8-17(22)18-15-5-4-6-16-14(15)9-10-21(16)3/h4-6,9-10H,7-8H2,1-3H3,(H,18,22)(H,19,20). The minimum Gasteiger partial charge on any atom is -0.350 e. The molecule has 5 heteroatoms. The third kappa shape index (κ3) is 2.62. The van der Waals surface area contributed by atoms with E-state index in [0.29, 0.717) is 12.8 Å². The average molecular weight is 296 g/mol. The lowest BCUT2D eigenvalue weighted by molar-refractivity contribution is -0.116. The molecular formula is C17H20N4O. The van der Waals surface area contributed by atoms with Crippen molar-refractivity contribution < 1.29 is 4.79 Å². The first kappa shape index (κ1) is 14.4. The normalized spacial score (nSPS) is 11.0. The smallest absolute Gasteiger partial charge is 0.224 e. The van der Waals surface area contributed by atoms with Crippen molar-refractivity contribution in [1.29, 1.82) is 0 Å². The molecule has 0 aliphatic carbocycles. The molecule has 0 bridgehead atoms. The van der Waals surface area contributed by atoms with Crippen LogP contribution in [0.15, 0.2) is 30.5 Å². The number of amides is 1. The number of carbonyl (C=O) groups is 1. The molecule has 0 radical (unpaired) electrons. The number of nitrogens with zero attached hydrogens (tertiary/aromatic N) is 2. The van der Waals surface area contributed by atoms with Crippen LogP contribution in [-0.2, 0) is 18.3 Å². The summed E-state index contributed by atoms with van der Waals surface area (Å²) in [6, 6.07) is 7.97. The van der Waals surface area contributed by atoms with E-state index in [1.807, 2.05) is 55.9 Å². The molecule has 0 saturated heterocycles. The highest BCUT2D eigenvalue weighted by Crippen LogP contribution is 2.24. The summed E-state index contributed by atoms with van der Waals surface area (Å²) in [5, 5.41) is 11.2. The number of aryl methyl sites for hydroxylation is 3. The van der Waals surface area contributed by atoms with Gasteiger partial charge in [0.1, 0.15) is 0 Å². The van der Waals surface area contributed by atoms with Crippen molar-refractivity contribution in [3.63, 3.8) is 0 Å². The minimum absolute atomic E-state index is 0.0244. The average Bonchev–Trinajstić information content (AvgIpc) is 3.02. The summed E-state index contributed by atoms with van der Waals surface area (Å²) in [5.74, 6) is 0.0244.